The predicted octanol–water partition coefficient (Wildman–Crippen LogP) is 4.07. The van der Waals surface area contributed by atoms with E-state index >= 15 is 0 Å². The third kappa shape index (κ3) is 2.99. The smallest absolute Gasteiger partial charge is 0.261 e. The molecule has 2 N–H and O–H groups in total. The van der Waals surface area contributed by atoms with Crippen molar-refractivity contribution in [2.45, 2.75) is 11.8 Å². The summed E-state index contributed by atoms with van der Waals surface area (Å²) in [5.74, 6) is 0. The van der Waals surface area contributed by atoms with Gasteiger partial charge in [0.25, 0.3) is 10.0 Å². The minimum Gasteiger partial charge on any atom is -0.337 e. The summed E-state index contributed by atoms with van der Waals surface area (Å²) in [7, 11) is -3.57. The van der Waals surface area contributed by atoms with Crippen molar-refractivity contribution < 1.29 is 8.42 Å². The lowest BCUT2D eigenvalue weighted by atomic mass is 10.2. The minimum absolute atomic E-state index is 0.245. The van der Waals surface area contributed by atoms with Crippen molar-refractivity contribution in [2.24, 2.45) is 0 Å². The average Bonchev–Trinajstić information content (AvgIpc) is 2.78. The van der Waals surface area contributed by atoms with Crippen LogP contribution in [0.5, 0.6) is 0 Å². The Kier molecular flexibility index (Phi) is 3.56. The molecule has 0 spiro atoms. The number of aromatic amines is 1. The van der Waals surface area contributed by atoms with Gasteiger partial charge < -0.3 is 4.98 Å². The molecular formula is C14H12N2O2S3. The first-order valence-electron chi connectivity index (χ1n) is 6.16. The highest BCUT2D eigenvalue weighted by Gasteiger charge is 2.14. The molecule has 0 bridgehead atoms. The highest BCUT2D eigenvalue weighted by atomic mass is 32.2. The fraction of sp³-hybridized carbons (Fsp3) is 0.0714. The third-order valence-electron chi connectivity index (χ3n) is 3.00. The standard InChI is InChI=1S/C14H12N2O2S3/c1-9-2-5-11(6-3-9)21(17,18)16-10-4-7-12-13(8-10)20-14(19)15-12/h2-8,16H,1H3,(H,15,19). The lowest BCUT2D eigenvalue weighted by Gasteiger charge is -2.08. The van der Waals surface area contributed by atoms with Crippen LogP contribution in [0.25, 0.3) is 10.2 Å². The number of hydrogen-bond acceptors (Lipinski definition) is 4. The van der Waals surface area contributed by atoms with Crippen molar-refractivity contribution in [3.05, 3.63) is 52.0 Å². The summed E-state index contributed by atoms with van der Waals surface area (Å²) in [6, 6.07) is 12.0. The van der Waals surface area contributed by atoms with E-state index in [2.05, 4.69) is 9.71 Å². The molecule has 0 aliphatic rings. The minimum atomic E-state index is -3.57. The zero-order valence-corrected chi connectivity index (χ0v) is 13.5. The van der Waals surface area contributed by atoms with Gasteiger partial charge in [0.1, 0.15) is 0 Å². The highest BCUT2D eigenvalue weighted by Crippen LogP contribution is 2.25. The number of rotatable bonds is 3. The largest absolute Gasteiger partial charge is 0.337 e. The van der Waals surface area contributed by atoms with Gasteiger partial charge in [-0.05, 0) is 49.5 Å². The fourth-order valence-electron chi connectivity index (χ4n) is 1.94. The van der Waals surface area contributed by atoms with E-state index in [0.29, 0.717) is 9.64 Å². The topological polar surface area (TPSA) is 62.0 Å². The summed E-state index contributed by atoms with van der Waals surface area (Å²) in [4.78, 5) is 3.29. The Balaban J connectivity index is 1.96. The van der Waals surface area contributed by atoms with Crippen LogP contribution in [0.4, 0.5) is 5.69 Å². The number of sulfonamides is 1. The van der Waals surface area contributed by atoms with Gasteiger partial charge in [-0.3, -0.25) is 4.72 Å². The van der Waals surface area contributed by atoms with E-state index in [1.54, 1.807) is 36.4 Å². The Bertz CT molecular complexity index is 954. The van der Waals surface area contributed by atoms with E-state index in [-0.39, 0.29) is 4.90 Å². The second-order valence-corrected chi connectivity index (χ2v) is 8.05. The zero-order chi connectivity index (χ0) is 15.0. The van der Waals surface area contributed by atoms with Crippen LogP contribution in [0.1, 0.15) is 5.56 Å². The molecule has 0 atom stereocenters. The van der Waals surface area contributed by atoms with Gasteiger partial charge in [0, 0.05) is 0 Å². The Morgan fingerprint density at radius 1 is 1.14 bits per heavy atom. The summed E-state index contributed by atoms with van der Waals surface area (Å²) in [6.07, 6.45) is 0. The van der Waals surface area contributed by atoms with Gasteiger partial charge >= 0.3 is 0 Å². The van der Waals surface area contributed by atoms with Crippen molar-refractivity contribution >= 4 is 49.5 Å². The maximum absolute atomic E-state index is 12.3. The second kappa shape index (κ2) is 5.25. The molecule has 0 fully saturated rings. The highest BCUT2D eigenvalue weighted by molar-refractivity contribution is 7.92. The quantitative estimate of drug-likeness (QED) is 0.709. The lowest BCUT2D eigenvalue weighted by Crippen LogP contribution is -2.12. The molecule has 4 nitrogen and oxygen atoms in total. The average molecular weight is 336 g/mol. The molecule has 0 unspecified atom stereocenters. The molecule has 0 saturated heterocycles. The van der Waals surface area contributed by atoms with Crippen LogP contribution in [0.2, 0.25) is 0 Å². The predicted molar refractivity (Wildman–Crippen MR) is 89.0 cm³/mol. The summed E-state index contributed by atoms with van der Waals surface area (Å²) in [5.41, 5.74) is 2.44. The Morgan fingerprint density at radius 2 is 1.86 bits per heavy atom. The van der Waals surface area contributed by atoms with Gasteiger partial charge in [-0.2, -0.15) is 0 Å². The van der Waals surface area contributed by atoms with Crippen LogP contribution >= 0.6 is 23.6 Å². The molecule has 0 amide bonds. The van der Waals surface area contributed by atoms with E-state index in [9.17, 15) is 8.42 Å². The number of H-pyrrole nitrogens is 1. The summed E-state index contributed by atoms with van der Waals surface area (Å²) < 4.78 is 28.8. The van der Waals surface area contributed by atoms with Crippen LogP contribution in [0, 0.1) is 10.9 Å². The second-order valence-electron chi connectivity index (χ2n) is 4.64. The molecule has 3 aromatic rings. The fourth-order valence-corrected chi connectivity index (χ4v) is 4.14. The molecule has 7 heteroatoms. The van der Waals surface area contributed by atoms with Gasteiger partial charge in [-0.15, -0.1) is 11.3 Å². The Labute approximate surface area is 131 Å². The van der Waals surface area contributed by atoms with Crippen molar-refractivity contribution in [2.75, 3.05) is 4.72 Å². The molecule has 0 aliphatic heterocycles. The van der Waals surface area contributed by atoms with Gasteiger partial charge in [0.2, 0.25) is 0 Å². The number of aromatic nitrogens is 1. The molecule has 0 aliphatic carbocycles. The number of nitrogens with one attached hydrogen (secondary N) is 2. The first kappa shape index (κ1) is 14.2. The van der Waals surface area contributed by atoms with Crippen LogP contribution in [0.15, 0.2) is 47.4 Å². The SMILES string of the molecule is Cc1ccc(S(=O)(=O)Nc2ccc3[nH]c(=S)sc3c2)cc1. The molecule has 0 saturated carbocycles. The number of thiazole rings is 1. The first-order chi connectivity index (χ1) is 9.94. The number of hydrogen-bond donors (Lipinski definition) is 2. The molecular weight excluding hydrogens is 324 g/mol. The van der Waals surface area contributed by atoms with E-state index in [1.165, 1.54) is 11.3 Å². The van der Waals surface area contributed by atoms with Gasteiger partial charge in [0.05, 0.1) is 20.8 Å². The lowest BCUT2D eigenvalue weighted by molar-refractivity contribution is 0.601. The first-order valence-corrected chi connectivity index (χ1v) is 8.87. The van der Waals surface area contributed by atoms with Crippen molar-refractivity contribution in [1.82, 2.24) is 4.98 Å². The van der Waals surface area contributed by atoms with Crippen LogP contribution < -0.4 is 4.72 Å². The van der Waals surface area contributed by atoms with Crippen LogP contribution in [-0.4, -0.2) is 13.4 Å². The number of benzene rings is 2. The number of aryl methyl sites for hydroxylation is 1. The Hall–Kier alpha value is -1.70. The maximum atomic E-state index is 12.3. The van der Waals surface area contributed by atoms with Crippen LogP contribution in [-0.2, 0) is 10.0 Å². The van der Waals surface area contributed by atoms with Crippen molar-refractivity contribution in [3.63, 3.8) is 0 Å². The van der Waals surface area contributed by atoms with Crippen molar-refractivity contribution in [3.8, 4) is 0 Å². The molecule has 3 rings (SSSR count). The number of fused-ring (bicyclic) bond motifs is 1. The van der Waals surface area contributed by atoms with Gasteiger partial charge in [-0.1, -0.05) is 17.7 Å². The zero-order valence-electron chi connectivity index (χ0n) is 11.1. The molecule has 108 valence electrons. The molecule has 21 heavy (non-hydrogen) atoms. The molecule has 1 heterocycles. The Morgan fingerprint density at radius 3 is 2.57 bits per heavy atom. The summed E-state index contributed by atoms with van der Waals surface area (Å²) in [5, 5.41) is 0. The summed E-state index contributed by atoms with van der Waals surface area (Å²) >= 11 is 6.49. The third-order valence-corrected chi connectivity index (χ3v) is 5.60. The monoisotopic (exact) mass is 336 g/mol. The molecule has 2 aromatic carbocycles. The normalized spacial score (nSPS) is 11.7. The van der Waals surface area contributed by atoms with E-state index < -0.39 is 10.0 Å². The van der Waals surface area contributed by atoms with E-state index in [4.69, 9.17) is 12.2 Å². The van der Waals surface area contributed by atoms with E-state index in [1.807, 2.05) is 13.0 Å². The number of anilines is 1. The molecule has 0 radical (unpaired) electrons. The van der Waals surface area contributed by atoms with E-state index in [0.717, 1.165) is 15.8 Å². The van der Waals surface area contributed by atoms with Crippen LogP contribution in [0.3, 0.4) is 0 Å². The molecule has 1 aromatic heterocycles. The summed E-state index contributed by atoms with van der Waals surface area (Å²) in [6.45, 7) is 1.91. The maximum Gasteiger partial charge on any atom is 0.261 e. The van der Waals surface area contributed by atoms with Gasteiger partial charge in [-0.25, -0.2) is 8.42 Å². The van der Waals surface area contributed by atoms with Gasteiger partial charge in [0.15, 0.2) is 3.95 Å². The van der Waals surface area contributed by atoms with Crippen molar-refractivity contribution in [1.29, 1.82) is 0 Å².